The molecule has 152 valence electrons. The maximum absolute atomic E-state index is 12.0. The van der Waals surface area contributed by atoms with E-state index in [0.717, 1.165) is 31.2 Å². The van der Waals surface area contributed by atoms with Crippen molar-refractivity contribution in [2.75, 3.05) is 13.7 Å². The molecule has 6 heteroatoms. The molecular weight excluding hydrogens is 360 g/mol. The topological polar surface area (TPSA) is 82.1 Å². The number of hydrogen-bond acceptors (Lipinski definition) is 6. The molecule has 3 rings (SSSR count). The van der Waals surface area contributed by atoms with Gasteiger partial charge in [0.25, 0.3) is 0 Å². The van der Waals surface area contributed by atoms with Gasteiger partial charge in [0, 0.05) is 11.1 Å². The Kier molecular flexibility index (Phi) is 6.27. The molecule has 1 N–H and O–H groups in total. The number of rotatable bonds is 6. The van der Waals surface area contributed by atoms with E-state index in [1.165, 1.54) is 5.57 Å². The van der Waals surface area contributed by atoms with Gasteiger partial charge in [-0.1, -0.05) is 18.1 Å². The first kappa shape index (κ1) is 20.2. The molecule has 0 aromatic heterocycles. The molecule has 0 spiro atoms. The molecule has 1 aromatic rings. The molecule has 28 heavy (non-hydrogen) atoms. The van der Waals surface area contributed by atoms with Crippen LogP contribution in [0.3, 0.4) is 0 Å². The minimum absolute atomic E-state index is 0.0606. The molecule has 1 heterocycles. The Morgan fingerprint density at radius 1 is 1.36 bits per heavy atom. The van der Waals surface area contributed by atoms with E-state index in [9.17, 15) is 14.7 Å². The Hall–Kier alpha value is -2.50. The Labute approximate surface area is 165 Å². The molecule has 0 saturated heterocycles. The molecular formula is C22H28O6. The number of hydrogen-bond donors (Lipinski definition) is 1. The van der Waals surface area contributed by atoms with Gasteiger partial charge in [0.05, 0.1) is 20.1 Å². The predicted molar refractivity (Wildman–Crippen MR) is 104 cm³/mol. The van der Waals surface area contributed by atoms with Gasteiger partial charge >= 0.3 is 11.9 Å². The van der Waals surface area contributed by atoms with Crippen LogP contribution in [0.1, 0.15) is 66.1 Å². The van der Waals surface area contributed by atoms with Gasteiger partial charge in [-0.25, -0.2) is 4.79 Å². The SMILES string of the molecule is CCOC(=O)C[C@@H]1CCCC/C1=C\Cc1c(O)c2c(c(C)c1OC)COC2=O. The lowest BCUT2D eigenvalue weighted by molar-refractivity contribution is -0.144. The summed E-state index contributed by atoms with van der Waals surface area (Å²) in [5.74, 6) is 0.0296. The van der Waals surface area contributed by atoms with Crippen LogP contribution in [0.4, 0.5) is 0 Å². The number of carbonyl (C=O) groups is 2. The van der Waals surface area contributed by atoms with E-state index in [1.807, 2.05) is 13.8 Å². The van der Waals surface area contributed by atoms with Crippen molar-refractivity contribution in [2.24, 2.45) is 5.92 Å². The monoisotopic (exact) mass is 388 g/mol. The average Bonchev–Trinajstić information content (AvgIpc) is 3.07. The predicted octanol–water partition coefficient (Wildman–Crippen LogP) is 3.99. The van der Waals surface area contributed by atoms with Crippen LogP contribution < -0.4 is 4.74 Å². The smallest absolute Gasteiger partial charge is 0.342 e. The Bertz CT molecular complexity index is 808. The van der Waals surface area contributed by atoms with E-state index < -0.39 is 5.97 Å². The van der Waals surface area contributed by atoms with Crippen LogP contribution in [0.25, 0.3) is 0 Å². The van der Waals surface area contributed by atoms with Gasteiger partial charge in [0.1, 0.15) is 23.7 Å². The molecule has 1 fully saturated rings. The zero-order valence-corrected chi connectivity index (χ0v) is 16.8. The minimum atomic E-state index is -0.495. The number of phenolic OH excluding ortho intramolecular Hbond substituents is 1. The summed E-state index contributed by atoms with van der Waals surface area (Å²) in [6.45, 7) is 4.23. The fourth-order valence-electron chi connectivity index (χ4n) is 4.29. The third kappa shape index (κ3) is 3.86. The van der Waals surface area contributed by atoms with Gasteiger partial charge in [-0.2, -0.15) is 0 Å². The summed E-state index contributed by atoms with van der Waals surface area (Å²) in [5.41, 5.74) is 3.56. The highest BCUT2D eigenvalue weighted by Gasteiger charge is 2.32. The van der Waals surface area contributed by atoms with E-state index in [1.54, 1.807) is 7.11 Å². The van der Waals surface area contributed by atoms with Crippen molar-refractivity contribution in [2.45, 2.75) is 59.0 Å². The zero-order chi connectivity index (χ0) is 20.3. The zero-order valence-electron chi connectivity index (χ0n) is 16.8. The highest BCUT2D eigenvalue weighted by atomic mass is 16.5. The first-order valence-corrected chi connectivity index (χ1v) is 9.90. The fraction of sp³-hybridized carbons (Fsp3) is 0.545. The lowest BCUT2D eigenvalue weighted by Gasteiger charge is -2.25. The Morgan fingerprint density at radius 2 is 2.14 bits per heavy atom. The second kappa shape index (κ2) is 8.67. The van der Waals surface area contributed by atoms with Crippen molar-refractivity contribution in [3.05, 3.63) is 33.9 Å². The van der Waals surface area contributed by atoms with Crippen molar-refractivity contribution in [1.82, 2.24) is 0 Å². The largest absolute Gasteiger partial charge is 0.507 e. The van der Waals surface area contributed by atoms with E-state index in [4.69, 9.17) is 14.2 Å². The summed E-state index contributed by atoms with van der Waals surface area (Å²) in [4.78, 5) is 24.0. The van der Waals surface area contributed by atoms with E-state index in [2.05, 4.69) is 6.08 Å². The molecule has 0 unspecified atom stereocenters. The highest BCUT2D eigenvalue weighted by Crippen LogP contribution is 2.42. The summed E-state index contributed by atoms with van der Waals surface area (Å²) in [5, 5.41) is 10.7. The molecule has 1 aliphatic carbocycles. The van der Waals surface area contributed by atoms with Gasteiger partial charge in [-0.15, -0.1) is 0 Å². The molecule has 1 saturated carbocycles. The number of cyclic esters (lactones) is 1. The maximum Gasteiger partial charge on any atom is 0.342 e. The van der Waals surface area contributed by atoms with Crippen molar-refractivity contribution in [3.63, 3.8) is 0 Å². The molecule has 0 radical (unpaired) electrons. The lowest BCUT2D eigenvalue weighted by atomic mass is 9.81. The van der Waals surface area contributed by atoms with Gasteiger partial charge in [0.2, 0.25) is 0 Å². The number of benzene rings is 1. The first-order valence-electron chi connectivity index (χ1n) is 9.90. The Balaban J connectivity index is 1.90. The second-order valence-electron chi connectivity index (χ2n) is 7.35. The van der Waals surface area contributed by atoms with E-state index in [0.29, 0.717) is 36.3 Å². The highest BCUT2D eigenvalue weighted by molar-refractivity contribution is 5.98. The molecule has 0 amide bonds. The maximum atomic E-state index is 12.0. The summed E-state index contributed by atoms with van der Waals surface area (Å²) in [6.07, 6.45) is 6.97. The molecule has 0 bridgehead atoms. The molecule has 6 nitrogen and oxygen atoms in total. The molecule has 1 aromatic carbocycles. The molecule has 1 atom stereocenters. The van der Waals surface area contributed by atoms with Crippen molar-refractivity contribution >= 4 is 11.9 Å². The summed E-state index contributed by atoms with van der Waals surface area (Å²) < 4.78 is 15.8. The second-order valence-corrected chi connectivity index (χ2v) is 7.35. The summed E-state index contributed by atoms with van der Waals surface area (Å²) in [7, 11) is 1.56. The summed E-state index contributed by atoms with van der Waals surface area (Å²) in [6, 6.07) is 0. The summed E-state index contributed by atoms with van der Waals surface area (Å²) >= 11 is 0. The number of fused-ring (bicyclic) bond motifs is 1. The van der Waals surface area contributed by atoms with Gasteiger partial charge < -0.3 is 19.3 Å². The molecule has 2 aliphatic rings. The lowest BCUT2D eigenvalue weighted by Crippen LogP contribution is -2.17. The van der Waals surface area contributed by atoms with Crippen LogP contribution in [0.5, 0.6) is 11.5 Å². The van der Waals surface area contributed by atoms with Crippen LogP contribution in [-0.2, 0) is 27.3 Å². The number of aromatic hydroxyl groups is 1. The minimum Gasteiger partial charge on any atom is -0.507 e. The first-order chi connectivity index (χ1) is 13.5. The quantitative estimate of drug-likeness (QED) is 0.586. The number of methoxy groups -OCH3 is 1. The number of allylic oxidation sites excluding steroid dienone is 2. The van der Waals surface area contributed by atoms with E-state index in [-0.39, 0.29) is 29.8 Å². The van der Waals surface area contributed by atoms with Crippen LogP contribution in [0.15, 0.2) is 11.6 Å². The average molecular weight is 388 g/mol. The number of phenols is 1. The third-order valence-corrected chi connectivity index (χ3v) is 5.73. The van der Waals surface area contributed by atoms with E-state index >= 15 is 0 Å². The van der Waals surface area contributed by atoms with Crippen LogP contribution >= 0.6 is 0 Å². The van der Waals surface area contributed by atoms with Gasteiger partial charge in [-0.05, 0) is 51.0 Å². The fourth-order valence-corrected chi connectivity index (χ4v) is 4.29. The normalized spacial score (nSPS) is 20.0. The molecule has 1 aliphatic heterocycles. The van der Waals surface area contributed by atoms with Crippen LogP contribution in [0.2, 0.25) is 0 Å². The van der Waals surface area contributed by atoms with Crippen LogP contribution in [-0.4, -0.2) is 30.8 Å². The number of ether oxygens (including phenoxy) is 3. The van der Waals surface area contributed by atoms with Crippen LogP contribution in [0, 0.1) is 12.8 Å². The van der Waals surface area contributed by atoms with Gasteiger partial charge in [-0.3, -0.25) is 4.79 Å². The van der Waals surface area contributed by atoms with Crippen molar-refractivity contribution < 1.29 is 28.9 Å². The van der Waals surface area contributed by atoms with Crippen molar-refractivity contribution in [1.29, 1.82) is 0 Å². The Morgan fingerprint density at radius 3 is 2.86 bits per heavy atom. The van der Waals surface area contributed by atoms with Crippen molar-refractivity contribution in [3.8, 4) is 11.5 Å². The number of esters is 2. The number of carbonyl (C=O) groups excluding carboxylic acids is 2. The van der Waals surface area contributed by atoms with Gasteiger partial charge in [0.15, 0.2) is 0 Å². The standard InChI is InChI=1S/C22H28O6/c1-4-27-18(23)11-15-8-6-5-7-14(15)9-10-16-20(24)19-17(12-28-22(19)25)13(2)21(16)26-3/h9,15,24H,4-8,10-12H2,1-3H3/b14-9+/t15-/m0/s1. The third-order valence-electron chi connectivity index (χ3n) is 5.73.